The summed E-state index contributed by atoms with van der Waals surface area (Å²) in [5, 5.41) is 9.04. The van der Waals surface area contributed by atoms with Gasteiger partial charge in [0, 0.05) is 5.56 Å². The topological polar surface area (TPSA) is 116 Å². The number of hydrogen-bond acceptors (Lipinski definition) is 7. The lowest BCUT2D eigenvalue weighted by Crippen LogP contribution is -2.33. The fourth-order valence-electron chi connectivity index (χ4n) is 2.38. The molecule has 7 nitrogen and oxygen atoms in total. The maximum absolute atomic E-state index is 13.3. The average Bonchev–Trinajstić information content (AvgIpc) is 2.53. The van der Waals surface area contributed by atoms with E-state index in [4.69, 9.17) is 19.2 Å². The molecule has 0 aliphatic carbocycles. The lowest BCUT2D eigenvalue weighted by Gasteiger charge is -2.23. The number of benzene rings is 1. The van der Waals surface area contributed by atoms with Gasteiger partial charge in [0.2, 0.25) is 11.3 Å². The van der Waals surface area contributed by atoms with Crippen molar-refractivity contribution in [2.75, 3.05) is 5.73 Å². The van der Waals surface area contributed by atoms with Crippen LogP contribution >= 0.6 is 7.60 Å². The van der Waals surface area contributed by atoms with E-state index in [0.29, 0.717) is 5.56 Å². The number of rotatable bonds is 6. The van der Waals surface area contributed by atoms with Gasteiger partial charge >= 0.3 is 7.60 Å². The number of nitriles is 1. The van der Waals surface area contributed by atoms with E-state index in [0.717, 1.165) is 0 Å². The number of hydrogen-bond donors (Lipinski definition) is 1. The molecular formula is C18H21N2O5P. The van der Waals surface area contributed by atoms with Crippen LogP contribution in [-0.4, -0.2) is 12.2 Å². The van der Waals surface area contributed by atoms with Gasteiger partial charge in [0.15, 0.2) is 11.1 Å². The molecule has 0 spiro atoms. The second-order valence-corrected chi connectivity index (χ2v) is 8.00. The maximum atomic E-state index is 13.3. The molecule has 2 rings (SSSR count). The smallest absolute Gasteiger partial charge is 0.371 e. The van der Waals surface area contributed by atoms with Crippen molar-refractivity contribution in [2.24, 2.45) is 0 Å². The summed E-state index contributed by atoms with van der Waals surface area (Å²) in [5.74, 6) is -0.377. The lowest BCUT2D eigenvalue weighted by molar-refractivity contribution is 0.150. The Hall–Kier alpha value is -2.39. The summed E-state index contributed by atoms with van der Waals surface area (Å²) in [5.41, 5.74) is 5.29. The van der Waals surface area contributed by atoms with Crippen molar-refractivity contribution in [2.45, 2.75) is 39.9 Å². The first-order chi connectivity index (χ1) is 12.2. The summed E-state index contributed by atoms with van der Waals surface area (Å²) in [7, 11) is -4.09. The minimum Gasteiger partial charge on any atom is -0.438 e. The largest absolute Gasteiger partial charge is 0.438 e. The molecule has 0 aliphatic rings. The van der Waals surface area contributed by atoms with E-state index in [1.165, 1.54) is 0 Å². The summed E-state index contributed by atoms with van der Waals surface area (Å²) >= 11 is 0. The van der Waals surface area contributed by atoms with Crippen LogP contribution in [0, 0.1) is 11.3 Å². The third-order valence-electron chi connectivity index (χ3n) is 3.24. The first kappa shape index (κ1) is 19.9. The second kappa shape index (κ2) is 7.88. The minimum absolute atomic E-state index is 0.0139. The molecule has 2 aromatic rings. The second-order valence-electron chi connectivity index (χ2n) is 6.13. The number of nitrogen functional groups attached to an aromatic ring is 1. The van der Waals surface area contributed by atoms with Crippen molar-refractivity contribution in [3.8, 4) is 17.4 Å². The predicted octanol–water partition coefficient (Wildman–Crippen LogP) is 3.43. The van der Waals surface area contributed by atoms with Gasteiger partial charge in [0.25, 0.3) is 0 Å². The molecule has 0 radical (unpaired) electrons. The van der Waals surface area contributed by atoms with E-state index in [1.54, 1.807) is 58.0 Å². The van der Waals surface area contributed by atoms with Crippen molar-refractivity contribution in [1.82, 2.24) is 0 Å². The third-order valence-corrected chi connectivity index (χ3v) is 5.60. The van der Waals surface area contributed by atoms with E-state index >= 15 is 0 Å². The molecule has 0 aliphatic heterocycles. The third kappa shape index (κ3) is 4.05. The quantitative estimate of drug-likeness (QED) is 0.768. The molecule has 0 bridgehead atoms. The van der Waals surface area contributed by atoms with Crippen LogP contribution < -0.4 is 16.5 Å². The fourth-order valence-corrected chi connectivity index (χ4v) is 4.43. The van der Waals surface area contributed by atoms with Gasteiger partial charge in [-0.3, -0.25) is 9.36 Å². The van der Waals surface area contributed by atoms with Crippen molar-refractivity contribution in [3.63, 3.8) is 0 Å². The highest BCUT2D eigenvalue weighted by atomic mass is 31.2. The van der Waals surface area contributed by atoms with Crippen LogP contribution in [0.5, 0.6) is 0 Å². The van der Waals surface area contributed by atoms with E-state index < -0.39 is 36.4 Å². The molecule has 26 heavy (non-hydrogen) atoms. The van der Waals surface area contributed by atoms with Crippen LogP contribution in [0.3, 0.4) is 0 Å². The van der Waals surface area contributed by atoms with E-state index in [9.17, 15) is 14.6 Å². The van der Waals surface area contributed by atoms with E-state index in [-0.39, 0.29) is 11.3 Å². The Morgan fingerprint density at radius 1 is 1.12 bits per heavy atom. The highest BCUT2D eigenvalue weighted by molar-refractivity contribution is 7.62. The number of nitrogens with two attached hydrogens (primary N) is 1. The molecule has 8 heteroatoms. The van der Waals surface area contributed by atoms with Crippen LogP contribution in [0.2, 0.25) is 0 Å². The summed E-state index contributed by atoms with van der Waals surface area (Å²) in [6.45, 7) is 6.60. The highest BCUT2D eigenvalue weighted by Gasteiger charge is 2.38. The van der Waals surface area contributed by atoms with Gasteiger partial charge in [0.1, 0.15) is 11.6 Å². The molecule has 1 aromatic heterocycles. The zero-order chi connectivity index (χ0) is 19.5. The van der Waals surface area contributed by atoms with E-state index in [2.05, 4.69) is 0 Å². The maximum Gasteiger partial charge on any atom is 0.371 e. The van der Waals surface area contributed by atoms with Crippen LogP contribution in [0.15, 0.2) is 39.5 Å². The Morgan fingerprint density at radius 3 is 2.12 bits per heavy atom. The van der Waals surface area contributed by atoms with Crippen LogP contribution in [-0.2, 0) is 13.6 Å². The standard InChI is InChI=1S/C18H21N2O5P/c1-11(2)24-26(22,25-12(3)4)17-15(21)14(10-19)16(23-18(17)20)13-8-6-5-7-9-13/h5-9,11-12H,20H2,1-4H3. The van der Waals surface area contributed by atoms with Crippen molar-refractivity contribution < 1.29 is 18.0 Å². The Bertz CT molecular complexity index is 915. The van der Waals surface area contributed by atoms with Crippen LogP contribution in [0.25, 0.3) is 11.3 Å². The van der Waals surface area contributed by atoms with Gasteiger partial charge in [-0.1, -0.05) is 30.3 Å². The molecule has 2 N–H and O–H groups in total. The van der Waals surface area contributed by atoms with Gasteiger partial charge < -0.3 is 19.2 Å². The molecule has 1 aromatic carbocycles. The summed E-state index contributed by atoms with van der Waals surface area (Å²) in [4.78, 5) is 12.9. The molecule has 0 saturated carbocycles. The zero-order valence-corrected chi connectivity index (χ0v) is 15.9. The summed E-state index contributed by atoms with van der Waals surface area (Å²) in [6.07, 6.45) is -1.00. The lowest BCUT2D eigenvalue weighted by atomic mass is 10.1. The number of anilines is 1. The molecule has 0 fully saturated rings. The van der Waals surface area contributed by atoms with Crippen LogP contribution in [0.1, 0.15) is 33.3 Å². The Morgan fingerprint density at radius 2 is 1.65 bits per heavy atom. The summed E-state index contributed by atoms with van der Waals surface area (Å²) < 4.78 is 29.7. The van der Waals surface area contributed by atoms with Crippen molar-refractivity contribution in [3.05, 3.63) is 46.1 Å². The first-order valence-electron chi connectivity index (χ1n) is 8.09. The minimum atomic E-state index is -4.09. The molecule has 0 unspecified atom stereocenters. The van der Waals surface area contributed by atoms with Crippen molar-refractivity contribution >= 4 is 18.8 Å². The monoisotopic (exact) mass is 376 g/mol. The van der Waals surface area contributed by atoms with Gasteiger partial charge in [0.05, 0.1) is 12.2 Å². The Balaban J connectivity index is 2.77. The Labute approximate surface area is 151 Å². The number of nitrogens with zero attached hydrogens (tertiary/aromatic N) is 1. The highest BCUT2D eigenvalue weighted by Crippen LogP contribution is 2.50. The average molecular weight is 376 g/mol. The van der Waals surface area contributed by atoms with Gasteiger partial charge in [-0.05, 0) is 27.7 Å². The fraction of sp³-hybridized carbons (Fsp3) is 0.333. The molecule has 0 atom stereocenters. The normalized spacial score (nSPS) is 11.7. The Kier molecular flexibility index (Phi) is 6.04. The molecule has 0 amide bonds. The zero-order valence-electron chi connectivity index (χ0n) is 15.1. The van der Waals surface area contributed by atoms with Gasteiger partial charge in [-0.2, -0.15) is 5.26 Å². The van der Waals surface area contributed by atoms with Crippen LogP contribution in [0.4, 0.5) is 5.88 Å². The molecule has 1 heterocycles. The van der Waals surface area contributed by atoms with Gasteiger partial charge in [-0.25, -0.2) is 0 Å². The SMILES string of the molecule is CC(C)OP(=O)(OC(C)C)c1c(N)oc(-c2ccccc2)c(C#N)c1=O. The summed E-state index contributed by atoms with van der Waals surface area (Å²) in [6, 6.07) is 10.4. The first-order valence-corrected chi connectivity index (χ1v) is 9.63. The molecular weight excluding hydrogens is 355 g/mol. The van der Waals surface area contributed by atoms with Gasteiger partial charge in [-0.15, -0.1) is 0 Å². The predicted molar refractivity (Wildman–Crippen MR) is 99.2 cm³/mol. The van der Waals surface area contributed by atoms with E-state index in [1.807, 2.05) is 6.07 Å². The molecule has 138 valence electrons. The van der Waals surface area contributed by atoms with Crippen molar-refractivity contribution in [1.29, 1.82) is 5.26 Å². The molecule has 0 saturated heterocycles.